The summed E-state index contributed by atoms with van der Waals surface area (Å²) in [6, 6.07) is 15.0. The summed E-state index contributed by atoms with van der Waals surface area (Å²) in [7, 11) is -2.33. The molecule has 0 fully saturated rings. The molecule has 2 aromatic rings. The molecule has 116 valence electrons. The molecule has 1 N–H and O–H groups in total. The van der Waals surface area contributed by atoms with E-state index >= 15 is 0 Å². The van der Waals surface area contributed by atoms with Gasteiger partial charge in [-0.1, -0.05) is 18.2 Å². The number of rotatable bonds is 5. The molecule has 0 atom stereocenters. The van der Waals surface area contributed by atoms with Crippen molar-refractivity contribution in [2.24, 2.45) is 0 Å². The highest BCUT2D eigenvalue weighted by Crippen LogP contribution is 2.24. The first-order valence-electron chi connectivity index (χ1n) is 6.49. The largest absolute Gasteiger partial charge is 0.358 e. The lowest BCUT2D eigenvalue weighted by atomic mass is 10.3. The van der Waals surface area contributed by atoms with Crippen LogP contribution in [0.1, 0.15) is 0 Å². The molecule has 7 heteroatoms. The maximum Gasteiger partial charge on any atom is 0.264 e. The summed E-state index contributed by atoms with van der Waals surface area (Å²) < 4.78 is 27.7. The van der Waals surface area contributed by atoms with Crippen LogP contribution in [0.4, 0.5) is 5.69 Å². The minimum atomic E-state index is -3.80. The summed E-state index contributed by atoms with van der Waals surface area (Å²) in [6.45, 7) is -0.270. The van der Waals surface area contributed by atoms with Gasteiger partial charge < -0.3 is 5.32 Å². The Labute approximate surface area is 143 Å². The van der Waals surface area contributed by atoms with Gasteiger partial charge in [-0.25, -0.2) is 8.42 Å². The van der Waals surface area contributed by atoms with Gasteiger partial charge in [0.05, 0.1) is 10.6 Å². The van der Waals surface area contributed by atoms with Gasteiger partial charge >= 0.3 is 0 Å². The Morgan fingerprint density at radius 3 is 2.23 bits per heavy atom. The fourth-order valence-corrected chi connectivity index (χ4v) is 3.65. The summed E-state index contributed by atoms with van der Waals surface area (Å²) in [5.74, 6) is -0.377. The average molecular weight is 430 g/mol. The van der Waals surface area contributed by atoms with E-state index in [-0.39, 0.29) is 17.3 Å². The van der Waals surface area contributed by atoms with Crippen LogP contribution in [0.3, 0.4) is 0 Å². The summed E-state index contributed by atoms with van der Waals surface area (Å²) in [6.07, 6.45) is 0. The first kappa shape index (κ1) is 16.8. The van der Waals surface area contributed by atoms with Crippen LogP contribution in [0.2, 0.25) is 0 Å². The third-order valence-corrected chi connectivity index (χ3v) is 5.52. The zero-order valence-electron chi connectivity index (χ0n) is 11.9. The molecule has 22 heavy (non-hydrogen) atoms. The maximum atomic E-state index is 12.8. The zero-order valence-corrected chi connectivity index (χ0v) is 14.8. The maximum absolute atomic E-state index is 12.8. The molecule has 0 aliphatic carbocycles. The Hall–Kier alpha value is -1.61. The molecular formula is C15H15IN2O3S. The highest BCUT2D eigenvalue weighted by atomic mass is 127. The Morgan fingerprint density at radius 2 is 1.68 bits per heavy atom. The van der Waals surface area contributed by atoms with Crippen molar-refractivity contribution in [3.05, 3.63) is 58.2 Å². The predicted molar refractivity (Wildman–Crippen MR) is 94.2 cm³/mol. The summed E-state index contributed by atoms with van der Waals surface area (Å²) in [4.78, 5) is 11.9. The molecule has 2 aromatic carbocycles. The lowest BCUT2D eigenvalue weighted by Gasteiger charge is -2.23. The fraction of sp³-hybridized carbons (Fsp3) is 0.133. The number of hydrogen-bond acceptors (Lipinski definition) is 3. The van der Waals surface area contributed by atoms with Crippen LogP contribution in [0.15, 0.2) is 59.5 Å². The van der Waals surface area contributed by atoms with Crippen LogP contribution in [-0.2, 0) is 14.8 Å². The van der Waals surface area contributed by atoms with Gasteiger partial charge in [-0.05, 0) is 59.0 Å². The van der Waals surface area contributed by atoms with Crippen molar-refractivity contribution in [1.29, 1.82) is 0 Å². The predicted octanol–water partition coefficient (Wildman–Crippen LogP) is 2.23. The van der Waals surface area contributed by atoms with Gasteiger partial charge in [0, 0.05) is 10.6 Å². The average Bonchev–Trinajstić information content (AvgIpc) is 2.54. The van der Waals surface area contributed by atoms with Crippen molar-refractivity contribution in [2.75, 3.05) is 17.9 Å². The van der Waals surface area contributed by atoms with E-state index in [2.05, 4.69) is 27.9 Å². The van der Waals surface area contributed by atoms with E-state index in [1.807, 2.05) is 0 Å². The topological polar surface area (TPSA) is 66.5 Å². The molecule has 0 saturated heterocycles. The van der Waals surface area contributed by atoms with Gasteiger partial charge in [0.2, 0.25) is 5.91 Å². The second-order valence-corrected chi connectivity index (χ2v) is 7.58. The first-order valence-corrected chi connectivity index (χ1v) is 9.01. The molecule has 5 nitrogen and oxygen atoms in total. The molecule has 0 aliphatic heterocycles. The van der Waals surface area contributed by atoms with Crippen molar-refractivity contribution in [3.8, 4) is 0 Å². The number of nitrogens with one attached hydrogen (secondary N) is 1. The minimum absolute atomic E-state index is 0.150. The number of carbonyl (C=O) groups is 1. The molecule has 0 saturated carbocycles. The van der Waals surface area contributed by atoms with Gasteiger partial charge in [0.1, 0.15) is 6.54 Å². The molecule has 0 aliphatic rings. The molecule has 0 aromatic heterocycles. The van der Waals surface area contributed by atoms with Gasteiger partial charge in [-0.2, -0.15) is 0 Å². The van der Waals surface area contributed by atoms with Crippen molar-refractivity contribution in [1.82, 2.24) is 5.32 Å². The second kappa shape index (κ2) is 7.10. The number of carbonyl (C=O) groups excluding carboxylic acids is 1. The van der Waals surface area contributed by atoms with Crippen LogP contribution < -0.4 is 9.62 Å². The quantitative estimate of drug-likeness (QED) is 0.741. The monoisotopic (exact) mass is 430 g/mol. The third kappa shape index (κ3) is 3.77. The molecule has 0 radical (unpaired) electrons. The van der Waals surface area contributed by atoms with Crippen LogP contribution >= 0.6 is 22.6 Å². The highest BCUT2D eigenvalue weighted by molar-refractivity contribution is 14.1. The van der Waals surface area contributed by atoms with Crippen molar-refractivity contribution >= 4 is 44.2 Å². The third-order valence-electron chi connectivity index (χ3n) is 3.01. The number of hydrogen-bond donors (Lipinski definition) is 1. The summed E-state index contributed by atoms with van der Waals surface area (Å²) in [5, 5.41) is 2.45. The minimum Gasteiger partial charge on any atom is -0.358 e. The van der Waals surface area contributed by atoms with E-state index in [9.17, 15) is 13.2 Å². The van der Waals surface area contributed by atoms with Gasteiger partial charge in [0.25, 0.3) is 10.0 Å². The number of nitrogens with zero attached hydrogens (tertiary/aromatic N) is 1. The van der Waals surface area contributed by atoms with E-state index in [1.165, 1.54) is 19.2 Å². The van der Waals surface area contributed by atoms with Crippen LogP contribution in [0, 0.1) is 3.57 Å². The van der Waals surface area contributed by atoms with E-state index in [4.69, 9.17) is 0 Å². The molecule has 2 rings (SSSR count). The number of amides is 1. The van der Waals surface area contributed by atoms with E-state index in [0.717, 1.165) is 7.88 Å². The fourth-order valence-electron chi connectivity index (χ4n) is 1.85. The first-order chi connectivity index (χ1) is 10.4. The van der Waals surface area contributed by atoms with E-state index in [0.29, 0.717) is 5.69 Å². The van der Waals surface area contributed by atoms with Crippen LogP contribution in [0.5, 0.6) is 0 Å². The normalized spacial score (nSPS) is 11.0. The van der Waals surface area contributed by atoms with Crippen molar-refractivity contribution in [3.63, 3.8) is 0 Å². The second-order valence-electron chi connectivity index (χ2n) is 4.47. The zero-order chi connectivity index (χ0) is 16.2. The Morgan fingerprint density at radius 1 is 1.09 bits per heavy atom. The molecular weight excluding hydrogens is 415 g/mol. The molecule has 0 spiro atoms. The molecule has 0 heterocycles. The SMILES string of the molecule is CNC(=O)CN(c1ccc(I)cc1)S(=O)(=O)c1ccccc1. The lowest BCUT2D eigenvalue weighted by molar-refractivity contribution is -0.119. The van der Waals surface area contributed by atoms with E-state index in [1.54, 1.807) is 42.5 Å². The molecule has 0 unspecified atom stereocenters. The van der Waals surface area contributed by atoms with Gasteiger partial charge in [-0.15, -0.1) is 0 Å². The van der Waals surface area contributed by atoms with Gasteiger partial charge in [-0.3, -0.25) is 9.10 Å². The summed E-state index contributed by atoms with van der Waals surface area (Å²) >= 11 is 2.14. The van der Waals surface area contributed by atoms with Crippen LogP contribution in [-0.4, -0.2) is 27.9 Å². The number of anilines is 1. The summed E-state index contributed by atoms with van der Waals surface area (Å²) in [5.41, 5.74) is 0.452. The standard InChI is InChI=1S/C15H15IN2O3S/c1-17-15(19)11-18(13-9-7-12(16)8-10-13)22(20,21)14-5-3-2-4-6-14/h2-10H,11H2,1H3,(H,17,19). The highest BCUT2D eigenvalue weighted by Gasteiger charge is 2.26. The number of benzene rings is 2. The van der Waals surface area contributed by atoms with E-state index < -0.39 is 10.0 Å². The Kier molecular flexibility index (Phi) is 5.41. The van der Waals surface area contributed by atoms with Crippen molar-refractivity contribution in [2.45, 2.75) is 4.90 Å². The Balaban J connectivity index is 2.48. The lowest BCUT2D eigenvalue weighted by Crippen LogP contribution is -2.39. The number of halogens is 1. The number of likely N-dealkylation sites (N-methyl/N-ethyl adjacent to an activating group) is 1. The smallest absolute Gasteiger partial charge is 0.264 e. The van der Waals surface area contributed by atoms with Gasteiger partial charge in [0.15, 0.2) is 0 Å². The Bertz CT molecular complexity index is 746. The molecule has 0 bridgehead atoms. The van der Waals surface area contributed by atoms with Crippen molar-refractivity contribution < 1.29 is 13.2 Å². The molecule has 1 amide bonds. The van der Waals surface area contributed by atoms with Crippen LogP contribution in [0.25, 0.3) is 0 Å². The number of sulfonamides is 1.